The Kier molecular flexibility index (Phi) is 2.40. The third-order valence-electron chi connectivity index (χ3n) is 2.84. The van der Waals surface area contributed by atoms with Gasteiger partial charge in [0.1, 0.15) is 10.7 Å². The van der Waals surface area contributed by atoms with Gasteiger partial charge in [-0.05, 0) is 30.9 Å². The smallest absolute Gasteiger partial charge is 0.328 e. The van der Waals surface area contributed by atoms with Crippen molar-refractivity contribution in [2.24, 2.45) is 5.73 Å². The molecule has 15 heavy (non-hydrogen) atoms. The van der Waals surface area contributed by atoms with Crippen molar-refractivity contribution < 1.29 is 9.90 Å². The van der Waals surface area contributed by atoms with Crippen LogP contribution in [0.1, 0.15) is 24.0 Å². The van der Waals surface area contributed by atoms with Crippen molar-refractivity contribution in [2.45, 2.75) is 24.8 Å². The molecule has 1 atom stereocenters. The lowest BCUT2D eigenvalue weighted by molar-refractivity contribution is -0.144. The predicted octanol–water partition coefficient (Wildman–Crippen LogP) is 1.31. The molecule has 0 saturated heterocycles. The van der Waals surface area contributed by atoms with Crippen molar-refractivity contribution >= 4 is 17.6 Å². The minimum Gasteiger partial charge on any atom is -0.480 e. The van der Waals surface area contributed by atoms with E-state index in [1.165, 1.54) is 6.20 Å². The van der Waals surface area contributed by atoms with E-state index in [2.05, 4.69) is 4.98 Å². The molecule has 1 aliphatic carbocycles. The minimum absolute atomic E-state index is 0.378. The van der Waals surface area contributed by atoms with E-state index in [4.69, 9.17) is 22.4 Å². The number of pyridine rings is 1. The highest BCUT2D eigenvalue weighted by molar-refractivity contribution is 6.29. The molecule has 1 unspecified atom stereocenters. The lowest BCUT2D eigenvalue weighted by atomic mass is 9.78. The van der Waals surface area contributed by atoms with Crippen molar-refractivity contribution in [3.63, 3.8) is 0 Å². The van der Waals surface area contributed by atoms with E-state index in [0.717, 1.165) is 18.4 Å². The highest BCUT2D eigenvalue weighted by Gasteiger charge is 2.40. The SMILES string of the molecule is NC1(C(=O)O)CCCc2cc(Cl)ncc21. The Hall–Kier alpha value is -1.13. The fourth-order valence-corrected chi connectivity index (χ4v) is 2.17. The maximum Gasteiger partial charge on any atom is 0.328 e. The van der Waals surface area contributed by atoms with Crippen LogP contribution in [0.3, 0.4) is 0 Å². The molecular weight excluding hydrogens is 216 g/mol. The van der Waals surface area contributed by atoms with Gasteiger partial charge in [0.15, 0.2) is 0 Å². The van der Waals surface area contributed by atoms with Gasteiger partial charge in [0.25, 0.3) is 0 Å². The van der Waals surface area contributed by atoms with Crippen LogP contribution in [0, 0.1) is 0 Å². The second kappa shape index (κ2) is 3.47. The first-order valence-corrected chi connectivity index (χ1v) is 5.09. The van der Waals surface area contributed by atoms with Gasteiger partial charge in [0.05, 0.1) is 0 Å². The van der Waals surface area contributed by atoms with Crippen LogP contribution in [0.15, 0.2) is 12.3 Å². The van der Waals surface area contributed by atoms with Crippen LogP contribution in [-0.2, 0) is 16.8 Å². The molecule has 2 rings (SSSR count). The number of hydrogen-bond acceptors (Lipinski definition) is 3. The lowest BCUT2D eigenvalue weighted by Gasteiger charge is -2.31. The van der Waals surface area contributed by atoms with E-state index >= 15 is 0 Å². The average molecular weight is 227 g/mol. The molecule has 3 N–H and O–H groups in total. The van der Waals surface area contributed by atoms with Crippen LogP contribution >= 0.6 is 11.6 Å². The molecule has 0 radical (unpaired) electrons. The number of carboxylic acids is 1. The molecule has 80 valence electrons. The van der Waals surface area contributed by atoms with E-state index in [9.17, 15) is 4.79 Å². The number of aryl methyl sites for hydroxylation is 1. The number of rotatable bonds is 1. The molecule has 0 bridgehead atoms. The van der Waals surface area contributed by atoms with E-state index in [1.54, 1.807) is 6.07 Å². The summed E-state index contributed by atoms with van der Waals surface area (Å²) in [5.41, 5.74) is 6.06. The Balaban J connectivity index is 2.56. The highest BCUT2D eigenvalue weighted by Crippen LogP contribution is 2.33. The molecule has 1 heterocycles. The Labute approximate surface area is 92.1 Å². The van der Waals surface area contributed by atoms with Gasteiger partial charge in [-0.25, -0.2) is 9.78 Å². The quantitative estimate of drug-likeness (QED) is 0.708. The molecule has 0 saturated carbocycles. The number of aliphatic carboxylic acids is 1. The lowest BCUT2D eigenvalue weighted by Crippen LogP contribution is -2.47. The molecule has 0 fully saturated rings. The van der Waals surface area contributed by atoms with Crippen LogP contribution in [0.5, 0.6) is 0 Å². The van der Waals surface area contributed by atoms with Crippen molar-refractivity contribution in [1.82, 2.24) is 4.98 Å². The summed E-state index contributed by atoms with van der Waals surface area (Å²) >= 11 is 5.75. The first-order chi connectivity index (χ1) is 7.04. The molecule has 1 aromatic heterocycles. The predicted molar refractivity (Wildman–Crippen MR) is 55.7 cm³/mol. The van der Waals surface area contributed by atoms with Crippen molar-refractivity contribution in [1.29, 1.82) is 0 Å². The topological polar surface area (TPSA) is 76.2 Å². The molecule has 1 aromatic rings. The van der Waals surface area contributed by atoms with Crippen molar-refractivity contribution in [3.8, 4) is 0 Å². The first-order valence-electron chi connectivity index (χ1n) is 4.71. The summed E-state index contributed by atoms with van der Waals surface area (Å²) in [7, 11) is 0. The summed E-state index contributed by atoms with van der Waals surface area (Å²) in [6, 6.07) is 1.70. The summed E-state index contributed by atoms with van der Waals surface area (Å²) in [4.78, 5) is 15.0. The molecule has 5 heteroatoms. The zero-order chi connectivity index (χ0) is 11.1. The average Bonchev–Trinajstić information content (AvgIpc) is 2.17. The van der Waals surface area contributed by atoms with Gasteiger partial charge in [0, 0.05) is 11.8 Å². The van der Waals surface area contributed by atoms with Crippen molar-refractivity contribution in [3.05, 3.63) is 28.5 Å². The van der Waals surface area contributed by atoms with Crippen molar-refractivity contribution in [2.75, 3.05) is 0 Å². The summed E-state index contributed by atoms with van der Waals surface area (Å²) in [5, 5.41) is 9.51. The maximum atomic E-state index is 11.1. The van der Waals surface area contributed by atoms with Crippen LogP contribution < -0.4 is 5.73 Å². The molecule has 4 nitrogen and oxygen atoms in total. The summed E-state index contributed by atoms with van der Waals surface area (Å²) in [5.74, 6) is -1.01. The zero-order valence-electron chi connectivity index (χ0n) is 8.03. The molecular formula is C10H11ClN2O2. The zero-order valence-corrected chi connectivity index (χ0v) is 8.79. The Morgan fingerprint density at radius 2 is 2.40 bits per heavy atom. The maximum absolute atomic E-state index is 11.1. The van der Waals surface area contributed by atoms with E-state index < -0.39 is 11.5 Å². The normalized spacial score (nSPS) is 24.7. The van der Waals surface area contributed by atoms with Gasteiger partial charge in [-0.1, -0.05) is 11.6 Å². The largest absolute Gasteiger partial charge is 0.480 e. The number of nitrogens with two attached hydrogens (primary N) is 1. The number of fused-ring (bicyclic) bond motifs is 1. The number of carboxylic acid groups (broad SMARTS) is 1. The molecule has 0 aliphatic heterocycles. The first kappa shape index (κ1) is 10.4. The number of halogens is 1. The molecule has 0 spiro atoms. The fraction of sp³-hybridized carbons (Fsp3) is 0.400. The Morgan fingerprint density at radius 3 is 3.07 bits per heavy atom. The van der Waals surface area contributed by atoms with Gasteiger partial charge in [-0.15, -0.1) is 0 Å². The molecule has 0 amide bonds. The minimum atomic E-state index is -1.30. The number of carbonyl (C=O) groups is 1. The monoisotopic (exact) mass is 226 g/mol. The summed E-state index contributed by atoms with van der Waals surface area (Å²) < 4.78 is 0. The van der Waals surface area contributed by atoms with E-state index in [-0.39, 0.29) is 0 Å². The van der Waals surface area contributed by atoms with Gasteiger partial charge >= 0.3 is 5.97 Å². The van der Waals surface area contributed by atoms with Gasteiger partial charge in [0.2, 0.25) is 0 Å². The third-order valence-corrected chi connectivity index (χ3v) is 3.04. The van der Waals surface area contributed by atoms with Gasteiger partial charge < -0.3 is 10.8 Å². The van der Waals surface area contributed by atoms with Gasteiger partial charge in [-0.3, -0.25) is 0 Å². The Morgan fingerprint density at radius 1 is 1.67 bits per heavy atom. The number of nitrogens with zero attached hydrogens (tertiary/aromatic N) is 1. The van der Waals surface area contributed by atoms with E-state index in [0.29, 0.717) is 17.1 Å². The molecule has 0 aromatic carbocycles. The standard InChI is InChI=1S/C10H11ClN2O2/c11-8-4-6-2-1-3-10(12,9(14)15)7(6)5-13-8/h4-5H,1-3,12H2,(H,14,15). The number of hydrogen-bond donors (Lipinski definition) is 2. The van der Waals surface area contributed by atoms with Crippen LogP contribution in [0.4, 0.5) is 0 Å². The summed E-state index contributed by atoms with van der Waals surface area (Å²) in [6.45, 7) is 0. The van der Waals surface area contributed by atoms with Crippen LogP contribution in [-0.4, -0.2) is 16.1 Å². The summed E-state index contributed by atoms with van der Waals surface area (Å²) in [6.07, 6.45) is 3.49. The second-order valence-corrected chi connectivity index (χ2v) is 4.18. The van der Waals surface area contributed by atoms with E-state index in [1.807, 2.05) is 0 Å². The van der Waals surface area contributed by atoms with Gasteiger partial charge in [-0.2, -0.15) is 0 Å². The third kappa shape index (κ3) is 1.60. The van der Waals surface area contributed by atoms with Crippen LogP contribution in [0.2, 0.25) is 5.15 Å². The fourth-order valence-electron chi connectivity index (χ4n) is 1.99. The highest BCUT2D eigenvalue weighted by atomic mass is 35.5. The van der Waals surface area contributed by atoms with Crippen LogP contribution in [0.25, 0.3) is 0 Å². The Bertz CT molecular complexity index is 422. The molecule has 1 aliphatic rings. The second-order valence-electron chi connectivity index (χ2n) is 3.79. The number of aromatic nitrogens is 1.